The SMILES string of the molecule is CSc1cccc(NCCC(C)SC)c1C(=O)O. The quantitative estimate of drug-likeness (QED) is 0.749. The molecule has 0 radical (unpaired) electrons. The van der Waals surface area contributed by atoms with Crippen molar-refractivity contribution in [2.24, 2.45) is 0 Å². The van der Waals surface area contributed by atoms with Gasteiger partial charge in [0.25, 0.3) is 0 Å². The Morgan fingerprint density at radius 3 is 2.72 bits per heavy atom. The Kier molecular flexibility index (Phi) is 6.43. The summed E-state index contributed by atoms with van der Waals surface area (Å²) in [6, 6.07) is 5.55. The topological polar surface area (TPSA) is 49.3 Å². The van der Waals surface area contributed by atoms with Gasteiger partial charge < -0.3 is 10.4 Å². The second-order valence-electron chi connectivity index (χ2n) is 3.95. The zero-order valence-electron chi connectivity index (χ0n) is 10.9. The highest BCUT2D eigenvalue weighted by Gasteiger charge is 2.14. The third-order valence-corrected chi connectivity index (χ3v) is 4.55. The van der Waals surface area contributed by atoms with E-state index in [0.717, 1.165) is 17.9 Å². The molecule has 1 aromatic carbocycles. The molecule has 18 heavy (non-hydrogen) atoms. The molecule has 1 aromatic rings. The second kappa shape index (κ2) is 7.59. The molecular weight excluding hydrogens is 266 g/mol. The Balaban J connectivity index is 2.78. The van der Waals surface area contributed by atoms with Crippen molar-refractivity contribution in [3.8, 4) is 0 Å². The number of benzene rings is 1. The number of nitrogens with one attached hydrogen (secondary N) is 1. The first-order valence-electron chi connectivity index (χ1n) is 5.77. The van der Waals surface area contributed by atoms with E-state index in [2.05, 4.69) is 18.5 Å². The first kappa shape index (κ1) is 15.2. The molecule has 2 N–H and O–H groups in total. The van der Waals surface area contributed by atoms with E-state index in [9.17, 15) is 9.90 Å². The lowest BCUT2D eigenvalue weighted by Gasteiger charge is -2.14. The highest BCUT2D eigenvalue weighted by atomic mass is 32.2. The van der Waals surface area contributed by atoms with Crippen LogP contribution in [0.25, 0.3) is 0 Å². The average molecular weight is 285 g/mol. The first-order chi connectivity index (χ1) is 8.60. The van der Waals surface area contributed by atoms with E-state index in [4.69, 9.17) is 0 Å². The molecule has 100 valence electrons. The molecule has 1 rings (SSSR count). The van der Waals surface area contributed by atoms with Crippen molar-refractivity contribution in [3.05, 3.63) is 23.8 Å². The molecule has 0 saturated heterocycles. The van der Waals surface area contributed by atoms with E-state index in [1.54, 1.807) is 0 Å². The van der Waals surface area contributed by atoms with Gasteiger partial charge in [-0.1, -0.05) is 13.0 Å². The fourth-order valence-corrected chi connectivity index (χ4v) is 2.57. The maximum absolute atomic E-state index is 11.3. The summed E-state index contributed by atoms with van der Waals surface area (Å²) in [4.78, 5) is 12.1. The molecule has 0 aliphatic carbocycles. The van der Waals surface area contributed by atoms with Crippen LogP contribution in [0.15, 0.2) is 23.1 Å². The monoisotopic (exact) mass is 285 g/mol. The Morgan fingerprint density at radius 2 is 2.17 bits per heavy atom. The minimum absolute atomic E-state index is 0.377. The Hall–Kier alpha value is -0.810. The van der Waals surface area contributed by atoms with Crippen molar-refractivity contribution in [3.63, 3.8) is 0 Å². The zero-order valence-corrected chi connectivity index (χ0v) is 12.5. The highest BCUT2D eigenvalue weighted by molar-refractivity contribution is 7.99. The molecule has 0 bridgehead atoms. The van der Waals surface area contributed by atoms with Crippen molar-refractivity contribution < 1.29 is 9.90 Å². The number of thioether (sulfide) groups is 2. The largest absolute Gasteiger partial charge is 0.478 e. The summed E-state index contributed by atoms with van der Waals surface area (Å²) in [7, 11) is 0. The molecule has 0 heterocycles. The van der Waals surface area contributed by atoms with Gasteiger partial charge in [-0.05, 0) is 31.1 Å². The number of carbonyl (C=O) groups is 1. The minimum atomic E-state index is -0.875. The second-order valence-corrected chi connectivity index (χ2v) is 6.07. The van der Waals surface area contributed by atoms with Crippen molar-refractivity contribution in [1.29, 1.82) is 0 Å². The summed E-state index contributed by atoms with van der Waals surface area (Å²) in [5.74, 6) is -0.875. The number of rotatable bonds is 7. The van der Waals surface area contributed by atoms with E-state index in [-0.39, 0.29) is 0 Å². The molecule has 0 amide bonds. The summed E-state index contributed by atoms with van der Waals surface area (Å²) in [5, 5.41) is 13.1. The van der Waals surface area contributed by atoms with E-state index >= 15 is 0 Å². The van der Waals surface area contributed by atoms with Crippen LogP contribution in [0, 0.1) is 0 Å². The Morgan fingerprint density at radius 1 is 1.44 bits per heavy atom. The molecule has 0 aliphatic rings. The van der Waals surface area contributed by atoms with Crippen LogP contribution in [-0.2, 0) is 0 Å². The van der Waals surface area contributed by atoms with Crippen molar-refractivity contribution in [1.82, 2.24) is 0 Å². The number of hydrogen-bond acceptors (Lipinski definition) is 4. The van der Waals surface area contributed by atoms with Gasteiger partial charge in [0, 0.05) is 22.4 Å². The smallest absolute Gasteiger partial charge is 0.338 e. The van der Waals surface area contributed by atoms with Crippen molar-refractivity contribution in [2.45, 2.75) is 23.5 Å². The van der Waals surface area contributed by atoms with Gasteiger partial charge in [-0.15, -0.1) is 11.8 Å². The number of carboxylic acids is 1. The van der Waals surface area contributed by atoms with Crippen LogP contribution in [0.3, 0.4) is 0 Å². The van der Waals surface area contributed by atoms with Crippen molar-refractivity contribution >= 4 is 35.2 Å². The third-order valence-electron chi connectivity index (χ3n) is 2.73. The van der Waals surface area contributed by atoms with Gasteiger partial charge in [-0.3, -0.25) is 0 Å². The molecule has 1 unspecified atom stereocenters. The van der Waals surface area contributed by atoms with Crippen LogP contribution >= 0.6 is 23.5 Å². The summed E-state index contributed by atoms with van der Waals surface area (Å²) < 4.78 is 0. The van der Waals surface area contributed by atoms with E-state index in [0.29, 0.717) is 16.5 Å². The minimum Gasteiger partial charge on any atom is -0.478 e. The number of anilines is 1. The van der Waals surface area contributed by atoms with Crippen LogP contribution in [0.4, 0.5) is 5.69 Å². The maximum Gasteiger partial charge on any atom is 0.338 e. The summed E-state index contributed by atoms with van der Waals surface area (Å²) in [5.41, 5.74) is 1.09. The fraction of sp³-hybridized carbons (Fsp3) is 0.462. The summed E-state index contributed by atoms with van der Waals surface area (Å²) >= 11 is 3.27. The summed E-state index contributed by atoms with van der Waals surface area (Å²) in [6.45, 7) is 2.96. The van der Waals surface area contributed by atoms with Gasteiger partial charge in [0.05, 0.1) is 5.56 Å². The number of hydrogen-bond donors (Lipinski definition) is 2. The average Bonchev–Trinajstić information content (AvgIpc) is 2.37. The predicted octanol–water partition coefficient (Wildman–Crippen LogP) is 3.66. The van der Waals surface area contributed by atoms with E-state index < -0.39 is 5.97 Å². The van der Waals surface area contributed by atoms with Gasteiger partial charge >= 0.3 is 5.97 Å². The van der Waals surface area contributed by atoms with Crippen molar-refractivity contribution in [2.75, 3.05) is 24.4 Å². The normalized spacial score (nSPS) is 12.2. The summed E-state index contributed by atoms with van der Waals surface area (Å²) in [6.07, 6.45) is 4.99. The third kappa shape index (κ3) is 4.14. The first-order valence-corrected chi connectivity index (χ1v) is 8.28. The van der Waals surface area contributed by atoms with E-state index in [1.165, 1.54) is 11.8 Å². The molecule has 0 aromatic heterocycles. The lowest BCUT2D eigenvalue weighted by atomic mass is 10.1. The molecule has 5 heteroatoms. The van der Waals surface area contributed by atoms with Gasteiger partial charge in [-0.2, -0.15) is 11.8 Å². The molecule has 1 atom stereocenters. The zero-order chi connectivity index (χ0) is 13.5. The van der Waals surface area contributed by atoms with Gasteiger partial charge in [0.1, 0.15) is 0 Å². The van der Waals surface area contributed by atoms with E-state index in [1.807, 2.05) is 36.2 Å². The van der Waals surface area contributed by atoms with Crippen LogP contribution < -0.4 is 5.32 Å². The molecule has 0 fully saturated rings. The molecular formula is C13H19NO2S2. The van der Waals surface area contributed by atoms with Crippen LogP contribution in [0.2, 0.25) is 0 Å². The van der Waals surface area contributed by atoms with Gasteiger partial charge in [-0.25, -0.2) is 4.79 Å². The lowest BCUT2D eigenvalue weighted by Crippen LogP contribution is -2.11. The van der Waals surface area contributed by atoms with Gasteiger partial charge in [0.15, 0.2) is 0 Å². The molecule has 3 nitrogen and oxygen atoms in total. The standard InChI is InChI=1S/C13H19NO2S2/c1-9(17-2)7-8-14-10-5-4-6-11(18-3)12(10)13(15)16/h4-6,9,14H,7-8H2,1-3H3,(H,15,16). The van der Waals surface area contributed by atoms with Crippen LogP contribution in [-0.4, -0.2) is 35.4 Å². The highest BCUT2D eigenvalue weighted by Crippen LogP contribution is 2.27. The lowest BCUT2D eigenvalue weighted by molar-refractivity contribution is 0.0694. The number of aromatic carboxylic acids is 1. The molecule has 0 spiro atoms. The van der Waals surface area contributed by atoms with Crippen LogP contribution in [0.5, 0.6) is 0 Å². The molecule has 0 saturated carbocycles. The Bertz CT molecular complexity index is 410. The predicted molar refractivity (Wildman–Crippen MR) is 81.3 cm³/mol. The van der Waals surface area contributed by atoms with Crippen LogP contribution in [0.1, 0.15) is 23.7 Å². The van der Waals surface area contributed by atoms with Gasteiger partial charge in [0.2, 0.25) is 0 Å². The Labute approximate surface area is 117 Å². The number of carboxylic acid groups (broad SMARTS) is 1. The molecule has 0 aliphatic heterocycles. The maximum atomic E-state index is 11.3. The fourth-order valence-electron chi connectivity index (χ4n) is 1.60.